The molecule has 1 aromatic carbocycles. The third-order valence-corrected chi connectivity index (χ3v) is 2.91. The first-order valence-electron chi connectivity index (χ1n) is 6.65. The van der Waals surface area contributed by atoms with Crippen LogP contribution in [0.1, 0.15) is 17.5 Å². The van der Waals surface area contributed by atoms with Crippen molar-refractivity contribution in [2.24, 2.45) is 0 Å². The summed E-state index contributed by atoms with van der Waals surface area (Å²) in [5.41, 5.74) is 2.41. The predicted octanol–water partition coefficient (Wildman–Crippen LogP) is 1.56. The first-order valence-corrected chi connectivity index (χ1v) is 6.65. The second-order valence-corrected chi connectivity index (χ2v) is 4.61. The second-order valence-electron chi connectivity index (χ2n) is 4.61. The number of carbonyl (C=O) groups excluding carboxylic acids is 1. The fourth-order valence-corrected chi connectivity index (χ4v) is 1.87. The van der Waals surface area contributed by atoms with Gasteiger partial charge in [0, 0.05) is 30.9 Å². The standard InChI is InChI=1S/C16H17N3O2/c1-13-4-5-14(3-2-10-20)15(11-13)18-16(21)6-8-19-9-7-17-12-19/h4-5,7,9,11-12,20H,6,8,10H2,1H3,(H,18,21). The fraction of sp³-hybridized carbons (Fsp3) is 0.250. The molecule has 0 bridgehead atoms. The van der Waals surface area contributed by atoms with E-state index in [1.807, 2.05) is 35.9 Å². The van der Waals surface area contributed by atoms with Crippen LogP contribution in [0.15, 0.2) is 36.9 Å². The number of amides is 1. The third-order valence-electron chi connectivity index (χ3n) is 2.91. The zero-order chi connectivity index (χ0) is 15.1. The SMILES string of the molecule is Cc1ccc(C#CCO)c(NC(=O)CCn2ccnc2)c1. The summed E-state index contributed by atoms with van der Waals surface area (Å²) in [4.78, 5) is 15.9. The Bertz CT molecular complexity index is 667. The highest BCUT2D eigenvalue weighted by molar-refractivity contribution is 5.92. The van der Waals surface area contributed by atoms with Crippen molar-refractivity contribution in [1.82, 2.24) is 9.55 Å². The number of aromatic nitrogens is 2. The summed E-state index contributed by atoms with van der Waals surface area (Å²) in [6, 6.07) is 5.63. The maximum atomic E-state index is 12.0. The minimum absolute atomic E-state index is 0.0821. The van der Waals surface area contributed by atoms with Crippen LogP contribution in [0.2, 0.25) is 0 Å². The van der Waals surface area contributed by atoms with Crippen molar-refractivity contribution in [2.45, 2.75) is 19.9 Å². The number of aryl methyl sites for hydroxylation is 2. The zero-order valence-corrected chi connectivity index (χ0v) is 11.8. The van der Waals surface area contributed by atoms with E-state index >= 15 is 0 Å². The largest absolute Gasteiger partial charge is 0.384 e. The van der Waals surface area contributed by atoms with E-state index in [0.29, 0.717) is 24.2 Å². The number of aliphatic hydroxyl groups excluding tert-OH is 1. The van der Waals surface area contributed by atoms with Crippen LogP contribution in [0, 0.1) is 18.8 Å². The molecule has 2 rings (SSSR count). The van der Waals surface area contributed by atoms with Gasteiger partial charge in [-0.3, -0.25) is 4.79 Å². The summed E-state index contributed by atoms with van der Waals surface area (Å²) in [5, 5.41) is 11.6. The molecule has 0 aliphatic rings. The van der Waals surface area contributed by atoms with Crippen LogP contribution >= 0.6 is 0 Å². The molecule has 0 radical (unpaired) electrons. The molecular formula is C16H17N3O2. The number of rotatable bonds is 4. The Balaban J connectivity index is 2.03. The molecule has 5 heteroatoms. The van der Waals surface area contributed by atoms with Crippen molar-refractivity contribution >= 4 is 11.6 Å². The number of hydrogen-bond donors (Lipinski definition) is 2. The van der Waals surface area contributed by atoms with E-state index in [9.17, 15) is 4.79 Å². The van der Waals surface area contributed by atoms with E-state index in [4.69, 9.17) is 5.11 Å². The average Bonchev–Trinajstić information content (AvgIpc) is 2.98. The van der Waals surface area contributed by atoms with Crippen molar-refractivity contribution in [3.8, 4) is 11.8 Å². The lowest BCUT2D eigenvalue weighted by Crippen LogP contribution is -2.15. The van der Waals surface area contributed by atoms with Gasteiger partial charge in [0.1, 0.15) is 6.61 Å². The molecule has 0 saturated heterocycles. The molecule has 21 heavy (non-hydrogen) atoms. The monoisotopic (exact) mass is 283 g/mol. The van der Waals surface area contributed by atoms with E-state index in [2.05, 4.69) is 22.1 Å². The first-order chi connectivity index (χ1) is 10.2. The zero-order valence-electron chi connectivity index (χ0n) is 11.8. The van der Waals surface area contributed by atoms with Crippen molar-refractivity contribution in [2.75, 3.05) is 11.9 Å². The summed E-state index contributed by atoms with van der Waals surface area (Å²) in [6.07, 6.45) is 5.54. The molecule has 0 unspecified atom stereocenters. The van der Waals surface area contributed by atoms with Crippen LogP contribution in [0.25, 0.3) is 0 Å². The quantitative estimate of drug-likeness (QED) is 0.837. The number of carbonyl (C=O) groups is 1. The van der Waals surface area contributed by atoms with Crippen molar-refractivity contribution in [3.05, 3.63) is 48.0 Å². The fourth-order valence-electron chi connectivity index (χ4n) is 1.87. The van der Waals surface area contributed by atoms with Gasteiger partial charge in [-0.2, -0.15) is 0 Å². The normalized spacial score (nSPS) is 9.81. The minimum Gasteiger partial charge on any atom is -0.384 e. The highest BCUT2D eigenvalue weighted by atomic mass is 16.2. The summed E-state index contributed by atoms with van der Waals surface area (Å²) >= 11 is 0. The van der Waals surface area contributed by atoms with Crippen LogP contribution < -0.4 is 5.32 Å². The summed E-state index contributed by atoms with van der Waals surface area (Å²) in [6.45, 7) is 2.32. The molecule has 5 nitrogen and oxygen atoms in total. The third kappa shape index (κ3) is 4.48. The Morgan fingerprint density at radius 2 is 2.33 bits per heavy atom. The van der Waals surface area contributed by atoms with Gasteiger partial charge in [0.15, 0.2) is 0 Å². The van der Waals surface area contributed by atoms with Gasteiger partial charge < -0.3 is 15.0 Å². The smallest absolute Gasteiger partial charge is 0.226 e. The molecule has 2 N–H and O–H groups in total. The maximum absolute atomic E-state index is 12.0. The molecule has 108 valence electrons. The number of nitrogens with one attached hydrogen (secondary N) is 1. The molecule has 1 aromatic heterocycles. The van der Waals surface area contributed by atoms with Crippen LogP contribution in [0.4, 0.5) is 5.69 Å². The van der Waals surface area contributed by atoms with Crippen molar-refractivity contribution in [3.63, 3.8) is 0 Å². The Hall–Kier alpha value is -2.58. The maximum Gasteiger partial charge on any atom is 0.226 e. The molecule has 0 atom stereocenters. The minimum atomic E-state index is -0.206. The number of hydrogen-bond acceptors (Lipinski definition) is 3. The summed E-state index contributed by atoms with van der Waals surface area (Å²) in [7, 11) is 0. The Morgan fingerprint density at radius 3 is 3.05 bits per heavy atom. The molecule has 0 aliphatic heterocycles. The van der Waals surface area contributed by atoms with Crippen LogP contribution in [-0.4, -0.2) is 27.2 Å². The number of nitrogens with zero attached hydrogens (tertiary/aromatic N) is 2. The van der Waals surface area contributed by atoms with Gasteiger partial charge in [0.25, 0.3) is 0 Å². The Labute approximate surface area is 123 Å². The average molecular weight is 283 g/mol. The van der Waals surface area contributed by atoms with Crippen LogP contribution in [-0.2, 0) is 11.3 Å². The van der Waals surface area contributed by atoms with Gasteiger partial charge in [-0.15, -0.1) is 0 Å². The predicted molar refractivity (Wildman–Crippen MR) is 80.6 cm³/mol. The van der Waals surface area contributed by atoms with E-state index < -0.39 is 0 Å². The topological polar surface area (TPSA) is 67.2 Å². The Kier molecular flexibility index (Phi) is 5.13. The lowest BCUT2D eigenvalue weighted by atomic mass is 10.1. The van der Waals surface area contributed by atoms with Gasteiger partial charge in [0.2, 0.25) is 5.91 Å². The van der Waals surface area contributed by atoms with Crippen LogP contribution in [0.3, 0.4) is 0 Å². The molecule has 1 heterocycles. The Morgan fingerprint density at radius 1 is 1.48 bits per heavy atom. The van der Waals surface area contributed by atoms with E-state index in [1.54, 1.807) is 12.5 Å². The lowest BCUT2D eigenvalue weighted by molar-refractivity contribution is -0.116. The van der Waals surface area contributed by atoms with Crippen molar-refractivity contribution < 1.29 is 9.90 Å². The number of benzene rings is 1. The van der Waals surface area contributed by atoms with Gasteiger partial charge >= 0.3 is 0 Å². The van der Waals surface area contributed by atoms with Gasteiger partial charge in [-0.25, -0.2) is 4.98 Å². The van der Waals surface area contributed by atoms with E-state index in [1.165, 1.54) is 0 Å². The van der Waals surface area contributed by atoms with E-state index in [0.717, 1.165) is 5.56 Å². The number of imidazole rings is 1. The second kappa shape index (κ2) is 7.27. The number of aliphatic hydroxyl groups is 1. The molecule has 2 aromatic rings. The van der Waals surface area contributed by atoms with E-state index in [-0.39, 0.29) is 12.5 Å². The number of anilines is 1. The molecule has 0 spiro atoms. The van der Waals surface area contributed by atoms with Gasteiger partial charge in [-0.1, -0.05) is 17.9 Å². The van der Waals surface area contributed by atoms with Gasteiger partial charge in [-0.05, 0) is 24.6 Å². The molecule has 1 amide bonds. The highest BCUT2D eigenvalue weighted by Gasteiger charge is 2.06. The van der Waals surface area contributed by atoms with Crippen LogP contribution in [0.5, 0.6) is 0 Å². The molecule has 0 fully saturated rings. The lowest BCUT2D eigenvalue weighted by Gasteiger charge is -2.09. The molecule has 0 saturated carbocycles. The molecular weight excluding hydrogens is 266 g/mol. The first kappa shape index (κ1) is 14.8. The summed E-state index contributed by atoms with van der Waals surface area (Å²) in [5.74, 6) is 5.35. The van der Waals surface area contributed by atoms with Gasteiger partial charge in [0.05, 0.1) is 12.0 Å². The molecule has 0 aliphatic carbocycles. The summed E-state index contributed by atoms with van der Waals surface area (Å²) < 4.78 is 1.85. The highest BCUT2D eigenvalue weighted by Crippen LogP contribution is 2.17. The van der Waals surface area contributed by atoms with Crippen molar-refractivity contribution in [1.29, 1.82) is 0 Å².